The fraction of sp³-hybridized carbons (Fsp3) is 0.308. The summed E-state index contributed by atoms with van der Waals surface area (Å²) < 4.78 is 1.77. The first-order valence-corrected chi connectivity index (χ1v) is 11.0. The fourth-order valence-electron chi connectivity index (χ4n) is 4.81. The van der Waals surface area contributed by atoms with E-state index in [9.17, 15) is 9.59 Å². The summed E-state index contributed by atoms with van der Waals surface area (Å²) in [6.07, 6.45) is 3.89. The molecule has 0 radical (unpaired) electrons. The molecule has 5 heteroatoms. The first-order valence-electron chi connectivity index (χ1n) is 11.0. The van der Waals surface area contributed by atoms with Crippen LogP contribution in [0.15, 0.2) is 72.9 Å². The first-order chi connectivity index (χ1) is 15.2. The Kier molecular flexibility index (Phi) is 5.43. The van der Waals surface area contributed by atoms with Crippen molar-refractivity contribution in [2.24, 2.45) is 5.92 Å². The Morgan fingerprint density at radius 1 is 0.903 bits per heavy atom. The van der Waals surface area contributed by atoms with Crippen molar-refractivity contribution in [3.63, 3.8) is 0 Å². The topological polar surface area (TPSA) is 45.6 Å². The molecule has 0 N–H and O–H groups in total. The van der Waals surface area contributed by atoms with Gasteiger partial charge >= 0.3 is 0 Å². The number of nitrogens with zero attached hydrogens (tertiary/aromatic N) is 3. The van der Waals surface area contributed by atoms with Crippen molar-refractivity contribution in [2.45, 2.75) is 19.4 Å². The largest absolute Gasteiger partial charge is 0.334 e. The van der Waals surface area contributed by atoms with Gasteiger partial charge in [-0.1, -0.05) is 48.5 Å². The zero-order valence-electron chi connectivity index (χ0n) is 17.6. The number of hydrogen-bond acceptors (Lipinski definition) is 3. The number of carbonyl (C=O) groups is 2. The summed E-state index contributed by atoms with van der Waals surface area (Å²) in [4.78, 5) is 29.8. The van der Waals surface area contributed by atoms with Crippen molar-refractivity contribution in [3.8, 4) is 11.3 Å². The van der Waals surface area contributed by atoms with E-state index in [0.29, 0.717) is 12.5 Å². The van der Waals surface area contributed by atoms with Gasteiger partial charge in [0.25, 0.3) is 5.91 Å². The Bertz CT molecular complexity index is 1080. The van der Waals surface area contributed by atoms with Crippen LogP contribution in [-0.4, -0.2) is 52.4 Å². The van der Waals surface area contributed by atoms with Crippen LogP contribution in [-0.2, 0) is 6.54 Å². The summed E-state index contributed by atoms with van der Waals surface area (Å²) in [6, 6.07) is 21.9. The van der Waals surface area contributed by atoms with Crippen molar-refractivity contribution in [1.82, 2.24) is 14.4 Å². The number of aromatic nitrogens is 1. The van der Waals surface area contributed by atoms with Crippen LogP contribution in [0.2, 0.25) is 0 Å². The number of hydrogen-bond donors (Lipinski definition) is 0. The van der Waals surface area contributed by atoms with E-state index in [1.807, 2.05) is 77.8 Å². The number of rotatable bonds is 5. The van der Waals surface area contributed by atoms with Crippen LogP contribution in [0.5, 0.6) is 0 Å². The Morgan fingerprint density at radius 3 is 2.42 bits per heavy atom. The molecular formula is C26H27N3O2. The van der Waals surface area contributed by atoms with E-state index in [2.05, 4.69) is 4.90 Å². The van der Waals surface area contributed by atoms with Gasteiger partial charge in [-0.3, -0.25) is 19.1 Å². The Balaban J connectivity index is 1.15. The van der Waals surface area contributed by atoms with Gasteiger partial charge in [-0.25, -0.2) is 0 Å². The molecule has 3 aromatic rings. The summed E-state index contributed by atoms with van der Waals surface area (Å²) in [5.74, 6) is 0.762. The second-order valence-electron chi connectivity index (χ2n) is 8.59. The zero-order valence-corrected chi connectivity index (χ0v) is 17.6. The van der Waals surface area contributed by atoms with Crippen molar-refractivity contribution in [2.75, 3.05) is 26.2 Å². The van der Waals surface area contributed by atoms with E-state index in [0.717, 1.165) is 61.4 Å². The zero-order chi connectivity index (χ0) is 21.2. The number of amides is 1. The molecule has 0 atom stereocenters. The van der Waals surface area contributed by atoms with Gasteiger partial charge < -0.3 is 4.90 Å². The highest BCUT2D eigenvalue weighted by Crippen LogP contribution is 2.26. The van der Waals surface area contributed by atoms with Crippen LogP contribution in [0, 0.1) is 5.92 Å². The maximum absolute atomic E-state index is 13.0. The normalized spacial score (nSPS) is 17.2. The van der Waals surface area contributed by atoms with E-state index >= 15 is 0 Å². The standard InChI is InChI=1S/C26H27N3O2/c30-25(29-14-6-11-24(29)21-7-2-1-3-8-21)19-27-15-12-20(13-16-27)17-28-18-22-9-4-5-10-23(22)26(28)31/h1-11,14,20H,12-13,15-19H2. The Morgan fingerprint density at radius 2 is 1.65 bits per heavy atom. The summed E-state index contributed by atoms with van der Waals surface area (Å²) in [6.45, 7) is 3.75. The van der Waals surface area contributed by atoms with Gasteiger partial charge in [0.05, 0.1) is 12.2 Å². The van der Waals surface area contributed by atoms with Crippen molar-refractivity contribution >= 4 is 11.8 Å². The maximum Gasteiger partial charge on any atom is 0.254 e. The van der Waals surface area contributed by atoms with Crippen LogP contribution >= 0.6 is 0 Å². The van der Waals surface area contributed by atoms with Crippen LogP contribution in [0.3, 0.4) is 0 Å². The number of likely N-dealkylation sites (tertiary alicyclic amines) is 1. The summed E-state index contributed by atoms with van der Waals surface area (Å²) in [5, 5.41) is 0. The van der Waals surface area contributed by atoms with Crippen molar-refractivity contribution in [3.05, 3.63) is 84.1 Å². The van der Waals surface area contributed by atoms with Crippen molar-refractivity contribution < 1.29 is 9.59 Å². The second kappa shape index (κ2) is 8.52. The maximum atomic E-state index is 13.0. The molecule has 1 aromatic heterocycles. The average molecular weight is 414 g/mol. The SMILES string of the molecule is O=C1c2ccccc2CN1CC1CCN(CC(=O)n2cccc2-c2ccccc2)CC1. The molecule has 0 aliphatic carbocycles. The molecule has 2 aliphatic heterocycles. The molecule has 1 fully saturated rings. The molecular weight excluding hydrogens is 386 g/mol. The molecule has 1 saturated heterocycles. The monoisotopic (exact) mass is 413 g/mol. The molecule has 158 valence electrons. The lowest BCUT2D eigenvalue weighted by Gasteiger charge is -2.33. The number of piperidine rings is 1. The first kappa shape index (κ1) is 19.8. The van der Waals surface area contributed by atoms with Gasteiger partial charge in [-0.15, -0.1) is 0 Å². The highest BCUT2D eigenvalue weighted by atomic mass is 16.2. The van der Waals surface area contributed by atoms with E-state index in [4.69, 9.17) is 0 Å². The number of fused-ring (bicyclic) bond motifs is 1. The van der Waals surface area contributed by atoms with Crippen molar-refractivity contribution in [1.29, 1.82) is 0 Å². The van der Waals surface area contributed by atoms with E-state index in [1.165, 1.54) is 0 Å². The highest BCUT2D eigenvalue weighted by molar-refractivity contribution is 5.98. The van der Waals surface area contributed by atoms with Gasteiger partial charge in [0.15, 0.2) is 0 Å². The number of carbonyl (C=O) groups excluding carboxylic acids is 2. The van der Waals surface area contributed by atoms with Gasteiger partial charge in [0.1, 0.15) is 0 Å². The van der Waals surface area contributed by atoms with Gasteiger partial charge in [0, 0.05) is 24.8 Å². The minimum absolute atomic E-state index is 0.104. The van der Waals surface area contributed by atoms with E-state index < -0.39 is 0 Å². The minimum atomic E-state index is 0.104. The molecule has 1 amide bonds. The highest BCUT2D eigenvalue weighted by Gasteiger charge is 2.30. The Hall–Kier alpha value is -3.18. The van der Waals surface area contributed by atoms with E-state index in [1.54, 1.807) is 4.57 Å². The van der Waals surface area contributed by atoms with Crippen LogP contribution < -0.4 is 0 Å². The predicted molar refractivity (Wildman–Crippen MR) is 121 cm³/mol. The van der Waals surface area contributed by atoms with E-state index in [-0.39, 0.29) is 11.8 Å². The number of benzene rings is 2. The smallest absolute Gasteiger partial charge is 0.254 e. The third kappa shape index (κ3) is 4.06. The molecule has 0 unspecified atom stereocenters. The van der Waals surface area contributed by atoms with Gasteiger partial charge in [0.2, 0.25) is 5.91 Å². The molecule has 0 bridgehead atoms. The lowest BCUT2D eigenvalue weighted by Crippen LogP contribution is -2.41. The minimum Gasteiger partial charge on any atom is -0.334 e. The summed E-state index contributed by atoms with van der Waals surface area (Å²) in [7, 11) is 0. The van der Waals surface area contributed by atoms with Crippen LogP contribution in [0.4, 0.5) is 0 Å². The summed E-state index contributed by atoms with van der Waals surface area (Å²) >= 11 is 0. The molecule has 5 rings (SSSR count). The average Bonchev–Trinajstić information content (AvgIpc) is 3.41. The third-order valence-electron chi connectivity index (χ3n) is 6.53. The second-order valence-corrected chi connectivity index (χ2v) is 8.59. The molecule has 0 saturated carbocycles. The molecule has 3 heterocycles. The fourth-order valence-corrected chi connectivity index (χ4v) is 4.81. The van der Waals surface area contributed by atoms with Crippen LogP contribution in [0.25, 0.3) is 11.3 Å². The lowest BCUT2D eigenvalue weighted by atomic mass is 9.96. The summed E-state index contributed by atoms with van der Waals surface area (Å²) in [5.41, 5.74) is 3.98. The quantitative estimate of drug-likeness (QED) is 0.631. The molecule has 2 aliphatic rings. The molecule has 2 aromatic carbocycles. The third-order valence-corrected chi connectivity index (χ3v) is 6.53. The van der Waals surface area contributed by atoms with Gasteiger partial charge in [-0.05, 0) is 61.2 Å². The predicted octanol–water partition coefficient (Wildman–Crippen LogP) is 4.16. The molecule has 0 spiro atoms. The molecule has 5 nitrogen and oxygen atoms in total. The molecule has 31 heavy (non-hydrogen) atoms. The lowest BCUT2D eigenvalue weighted by molar-refractivity contribution is 0.0698. The van der Waals surface area contributed by atoms with Gasteiger partial charge in [-0.2, -0.15) is 0 Å². The van der Waals surface area contributed by atoms with Crippen LogP contribution in [0.1, 0.15) is 33.6 Å². The Labute approximate surface area is 182 Å².